The number of nitrogens with one attached hydrogen (secondary N) is 2. The number of aliphatic hydroxyl groups excluding tert-OH is 1. The summed E-state index contributed by atoms with van der Waals surface area (Å²) >= 11 is 0. The van der Waals surface area contributed by atoms with Gasteiger partial charge in [-0.05, 0) is 86.9 Å². The maximum Gasteiger partial charge on any atom is 0.224 e. The molecule has 4 nitrogen and oxygen atoms in total. The minimum Gasteiger partial charge on any atom is -0.378 e. The summed E-state index contributed by atoms with van der Waals surface area (Å²) in [5.74, 6) is 0.429. The van der Waals surface area contributed by atoms with E-state index in [2.05, 4.69) is 132 Å². The first kappa shape index (κ1) is 33.6. The predicted molar refractivity (Wildman–Crippen MR) is 204 cm³/mol. The van der Waals surface area contributed by atoms with Crippen LogP contribution in [0.15, 0.2) is 121 Å². The molecular formula is C42H50N2O2P2. The number of rotatable bonds is 11. The van der Waals surface area contributed by atoms with Crippen molar-refractivity contribution in [3.8, 4) is 0 Å². The Morgan fingerprint density at radius 2 is 0.979 bits per heavy atom. The molecule has 0 heterocycles. The van der Waals surface area contributed by atoms with Gasteiger partial charge in [-0.3, -0.25) is 10.1 Å². The molecule has 4 aromatic carbocycles. The Bertz CT molecular complexity index is 1500. The maximum atomic E-state index is 14.2. The summed E-state index contributed by atoms with van der Waals surface area (Å²) in [5, 5.41) is 24.8. The van der Waals surface area contributed by atoms with Gasteiger partial charge in [0.1, 0.15) is 6.23 Å². The van der Waals surface area contributed by atoms with Crippen LogP contribution in [0.5, 0.6) is 0 Å². The van der Waals surface area contributed by atoms with Crippen LogP contribution in [0, 0.1) is 11.8 Å². The molecule has 0 radical (unpaired) electrons. The minimum atomic E-state index is -0.643. The van der Waals surface area contributed by atoms with E-state index in [9.17, 15) is 9.90 Å². The second kappa shape index (κ2) is 16.2. The van der Waals surface area contributed by atoms with Crippen molar-refractivity contribution in [1.82, 2.24) is 10.6 Å². The molecular weight excluding hydrogens is 626 g/mol. The Kier molecular flexibility index (Phi) is 11.4. The molecule has 0 bridgehead atoms. The van der Waals surface area contributed by atoms with Crippen molar-refractivity contribution >= 4 is 43.0 Å². The zero-order chi connectivity index (χ0) is 32.7. The second-order valence-electron chi connectivity index (χ2n) is 14.0. The van der Waals surface area contributed by atoms with Gasteiger partial charge in [0.15, 0.2) is 0 Å². The van der Waals surface area contributed by atoms with Gasteiger partial charge in [-0.1, -0.05) is 147 Å². The third kappa shape index (κ3) is 7.64. The van der Waals surface area contributed by atoms with Gasteiger partial charge >= 0.3 is 0 Å². The Morgan fingerprint density at radius 1 is 0.542 bits per heavy atom. The maximum absolute atomic E-state index is 14.2. The highest BCUT2D eigenvalue weighted by Crippen LogP contribution is 2.52. The van der Waals surface area contributed by atoms with E-state index in [1.54, 1.807) is 0 Å². The van der Waals surface area contributed by atoms with Crippen molar-refractivity contribution in [1.29, 1.82) is 0 Å². The normalized spacial score (nSPS) is 26.5. The molecule has 0 aromatic heterocycles. The molecule has 0 aliphatic heterocycles. The van der Waals surface area contributed by atoms with Crippen LogP contribution in [0.2, 0.25) is 0 Å². The van der Waals surface area contributed by atoms with E-state index >= 15 is 0 Å². The van der Waals surface area contributed by atoms with E-state index in [0.29, 0.717) is 11.3 Å². The molecule has 3 N–H and O–H groups in total. The smallest absolute Gasteiger partial charge is 0.224 e. The van der Waals surface area contributed by atoms with Gasteiger partial charge in [0.25, 0.3) is 0 Å². The Hall–Kier alpha value is -2.87. The predicted octanol–water partition coefficient (Wildman–Crippen LogP) is 6.93. The molecule has 48 heavy (non-hydrogen) atoms. The van der Waals surface area contributed by atoms with Crippen molar-refractivity contribution in [2.45, 2.75) is 93.8 Å². The first-order valence-corrected chi connectivity index (χ1v) is 21.0. The van der Waals surface area contributed by atoms with E-state index in [4.69, 9.17) is 0 Å². The van der Waals surface area contributed by atoms with Crippen LogP contribution in [0.1, 0.15) is 64.2 Å². The van der Waals surface area contributed by atoms with E-state index in [-0.39, 0.29) is 29.8 Å². The van der Waals surface area contributed by atoms with Gasteiger partial charge in [0.05, 0.1) is 0 Å². The quantitative estimate of drug-likeness (QED) is 0.119. The number of carbonyl (C=O) groups is 1. The molecule has 3 aliphatic carbocycles. The molecule has 1 amide bonds. The SMILES string of the molecule is O=C(NC1CCCCC1NC(O)C1CCCC1P(c1ccccc1)c1ccccc1)C1CCCC1P(c1ccccc1)c1ccccc1. The Labute approximate surface area is 289 Å². The molecule has 7 rings (SSSR count). The van der Waals surface area contributed by atoms with Crippen molar-refractivity contribution in [2.24, 2.45) is 11.8 Å². The highest BCUT2D eigenvalue weighted by atomic mass is 31.1. The zero-order valence-corrected chi connectivity index (χ0v) is 29.7. The summed E-state index contributed by atoms with van der Waals surface area (Å²) in [6.07, 6.45) is 10.1. The van der Waals surface area contributed by atoms with Crippen LogP contribution in [0.25, 0.3) is 0 Å². The molecule has 3 saturated carbocycles. The van der Waals surface area contributed by atoms with E-state index in [0.717, 1.165) is 64.2 Å². The van der Waals surface area contributed by atoms with Crippen LogP contribution >= 0.6 is 15.8 Å². The summed E-state index contributed by atoms with van der Waals surface area (Å²) in [5.41, 5.74) is 0.748. The van der Waals surface area contributed by atoms with E-state index in [1.165, 1.54) is 21.2 Å². The minimum absolute atomic E-state index is 0.0172. The molecule has 4 aromatic rings. The number of amides is 1. The zero-order valence-electron chi connectivity index (χ0n) is 27.9. The molecule has 0 spiro atoms. The fraction of sp³-hybridized carbons (Fsp3) is 0.405. The van der Waals surface area contributed by atoms with E-state index in [1.807, 2.05) is 0 Å². The third-order valence-electron chi connectivity index (χ3n) is 11.0. The molecule has 7 unspecified atom stereocenters. The lowest BCUT2D eigenvalue weighted by Gasteiger charge is -2.39. The lowest BCUT2D eigenvalue weighted by atomic mass is 9.89. The fourth-order valence-electron chi connectivity index (χ4n) is 8.77. The highest BCUT2D eigenvalue weighted by molar-refractivity contribution is 7.74. The number of aliphatic hydroxyl groups is 1. The average molecular weight is 677 g/mol. The number of hydrogen-bond acceptors (Lipinski definition) is 3. The Morgan fingerprint density at radius 3 is 1.50 bits per heavy atom. The summed E-state index contributed by atoms with van der Waals surface area (Å²) in [7, 11) is -1.24. The first-order valence-electron chi connectivity index (χ1n) is 18.2. The largest absolute Gasteiger partial charge is 0.378 e. The third-order valence-corrected chi connectivity index (χ3v) is 17.0. The molecule has 3 fully saturated rings. The lowest BCUT2D eigenvalue weighted by molar-refractivity contribution is -0.126. The summed E-state index contributed by atoms with van der Waals surface area (Å²) in [4.78, 5) is 14.2. The highest BCUT2D eigenvalue weighted by Gasteiger charge is 2.43. The summed E-state index contributed by atoms with van der Waals surface area (Å²) < 4.78 is 0. The molecule has 7 atom stereocenters. The van der Waals surface area contributed by atoms with Crippen molar-refractivity contribution in [3.05, 3.63) is 121 Å². The van der Waals surface area contributed by atoms with Crippen molar-refractivity contribution in [3.63, 3.8) is 0 Å². The monoisotopic (exact) mass is 676 g/mol. The molecule has 3 aliphatic rings. The van der Waals surface area contributed by atoms with Crippen LogP contribution in [-0.4, -0.2) is 40.6 Å². The number of hydrogen-bond donors (Lipinski definition) is 3. The van der Waals surface area contributed by atoms with Gasteiger partial charge in [-0.2, -0.15) is 0 Å². The second-order valence-corrected chi connectivity index (χ2v) is 18.8. The van der Waals surface area contributed by atoms with E-state index < -0.39 is 22.1 Å². The van der Waals surface area contributed by atoms with Crippen LogP contribution in [-0.2, 0) is 4.79 Å². The first-order chi connectivity index (χ1) is 23.7. The van der Waals surface area contributed by atoms with Crippen LogP contribution in [0.4, 0.5) is 0 Å². The van der Waals surface area contributed by atoms with Gasteiger partial charge in [0, 0.05) is 23.9 Å². The summed E-state index contributed by atoms with van der Waals surface area (Å²) in [6, 6.07) is 43.8. The van der Waals surface area contributed by atoms with Gasteiger partial charge in [0.2, 0.25) is 5.91 Å². The fourth-order valence-corrected chi connectivity index (χ4v) is 15.1. The standard InChI is InChI=1S/C42H50N2O2P2/c45-41(35-25-15-29-39(35)47(31-17-5-1-6-18-31)32-19-7-2-8-20-32)43-37-27-13-14-28-38(37)44-42(46)36-26-16-30-40(36)48(33-21-9-3-10-22-33)34-23-11-4-12-24-34/h1-12,17-24,35-41,43,45H,13-16,25-30H2,(H,44,46). The molecule has 250 valence electrons. The topological polar surface area (TPSA) is 61.4 Å². The van der Waals surface area contributed by atoms with Crippen molar-refractivity contribution < 1.29 is 9.90 Å². The average Bonchev–Trinajstić information content (AvgIpc) is 3.82. The van der Waals surface area contributed by atoms with Crippen molar-refractivity contribution in [2.75, 3.05) is 0 Å². The van der Waals surface area contributed by atoms with Gasteiger partial charge in [-0.15, -0.1) is 0 Å². The Balaban J connectivity index is 1.06. The number of carbonyl (C=O) groups excluding carboxylic acids is 1. The van der Waals surface area contributed by atoms with Crippen LogP contribution < -0.4 is 31.9 Å². The van der Waals surface area contributed by atoms with Gasteiger partial charge in [-0.25, -0.2) is 0 Å². The van der Waals surface area contributed by atoms with Gasteiger partial charge < -0.3 is 10.4 Å². The summed E-state index contributed by atoms with van der Waals surface area (Å²) in [6.45, 7) is 0. The lowest BCUT2D eigenvalue weighted by Crippen LogP contribution is -2.57. The molecule has 6 heteroatoms. The molecule has 0 saturated heterocycles. The number of benzene rings is 4. The van der Waals surface area contributed by atoms with Crippen LogP contribution in [0.3, 0.4) is 0 Å².